The van der Waals surface area contributed by atoms with Gasteiger partial charge in [0.05, 0.1) is 11.5 Å². The summed E-state index contributed by atoms with van der Waals surface area (Å²) in [6.07, 6.45) is 4.36. The smallest absolute Gasteiger partial charge is 0.335 e. The molecule has 0 spiro atoms. The average Bonchev–Trinajstić information content (AvgIpc) is 2.84. The molecule has 0 radical (unpaired) electrons. The Hall–Kier alpha value is -2.86. The van der Waals surface area contributed by atoms with Crippen LogP contribution in [0.3, 0.4) is 0 Å². The summed E-state index contributed by atoms with van der Waals surface area (Å²) in [5.74, 6) is -1.07. The summed E-state index contributed by atoms with van der Waals surface area (Å²) < 4.78 is 0. The number of carbonyl (C=O) groups is 3. The van der Waals surface area contributed by atoms with Crippen LogP contribution >= 0.6 is 11.6 Å². The second-order valence-electron chi connectivity index (χ2n) is 10.5. The number of hydrogen-bond acceptors (Lipinski definition) is 3. The fourth-order valence-electron chi connectivity index (χ4n) is 5.71. The molecule has 186 valence electrons. The molecule has 2 N–H and O–H groups in total. The number of halogens is 1. The first-order chi connectivity index (χ1) is 16.7. The first kappa shape index (κ1) is 25.2. The number of carboxylic acid groups (broad SMARTS) is 1. The Morgan fingerprint density at radius 1 is 0.943 bits per heavy atom. The number of benzene rings is 2. The van der Waals surface area contributed by atoms with Gasteiger partial charge in [0.2, 0.25) is 5.91 Å². The first-order valence-corrected chi connectivity index (χ1v) is 12.7. The zero-order chi connectivity index (χ0) is 25.2. The number of nitrogens with zero attached hydrogens (tertiary/aromatic N) is 1. The minimum atomic E-state index is -1.03. The van der Waals surface area contributed by atoms with E-state index in [0.29, 0.717) is 24.6 Å². The van der Waals surface area contributed by atoms with Gasteiger partial charge in [-0.1, -0.05) is 50.4 Å². The Labute approximate surface area is 211 Å². The molecule has 2 aliphatic rings. The van der Waals surface area contributed by atoms with Crippen molar-refractivity contribution in [1.29, 1.82) is 0 Å². The molecule has 2 amide bonds. The fraction of sp³-hybridized carbons (Fsp3) is 0.464. The molecule has 1 aliphatic carbocycles. The van der Waals surface area contributed by atoms with Crippen molar-refractivity contribution in [3.8, 4) is 0 Å². The molecule has 1 heterocycles. The summed E-state index contributed by atoms with van der Waals surface area (Å²) in [4.78, 5) is 39.6. The summed E-state index contributed by atoms with van der Waals surface area (Å²) in [7, 11) is 0. The van der Waals surface area contributed by atoms with E-state index in [1.165, 1.54) is 29.8 Å². The normalized spacial score (nSPS) is 24.0. The molecule has 1 aliphatic heterocycles. The third-order valence-electron chi connectivity index (χ3n) is 7.61. The maximum absolute atomic E-state index is 13.7. The maximum atomic E-state index is 13.7. The van der Waals surface area contributed by atoms with Gasteiger partial charge in [-0.3, -0.25) is 9.59 Å². The van der Waals surface area contributed by atoms with Crippen molar-refractivity contribution >= 4 is 29.4 Å². The summed E-state index contributed by atoms with van der Waals surface area (Å²) in [6.45, 7) is 5.80. The maximum Gasteiger partial charge on any atom is 0.335 e. The molecular formula is C28H33ClN2O4. The standard InChI is InChI=1S/C28H33ClN2O4/c1-28(2)17-31(16-15-23(28)18-11-13-21(29)14-12-18)26(33)22-5-3-4-6-24(22)30-25(32)19-7-9-20(10-8-19)27(34)35/h7-14,22-24H,3-6,15-17H2,1-2H3,(H,30,32)(H,34,35). The number of hydrogen-bond donors (Lipinski definition) is 2. The predicted molar refractivity (Wildman–Crippen MR) is 136 cm³/mol. The highest BCUT2D eigenvalue weighted by molar-refractivity contribution is 6.30. The third kappa shape index (κ3) is 5.69. The number of piperidine rings is 1. The predicted octanol–water partition coefficient (Wildman–Crippen LogP) is 5.37. The van der Waals surface area contributed by atoms with Crippen LogP contribution in [0.1, 0.15) is 78.1 Å². The van der Waals surface area contributed by atoms with Gasteiger partial charge in [-0.05, 0) is 72.6 Å². The van der Waals surface area contributed by atoms with Crippen molar-refractivity contribution in [2.24, 2.45) is 11.3 Å². The van der Waals surface area contributed by atoms with Gasteiger partial charge in [-0.15, -0.1) is 0 Å². The lowest BCUT2D eigenvalue weighted by atomic mass is 9.70. The van der Waals surface area contributed by atoms with E-state index in [0.717, 1.165) is 37.1 Å². The molecule has 0 bridgehead atoms. The molecule has 4 rings (SSSR count). The summed E-state index contributed by atoms with van der Waals surface area (Å²) >= 11 is 6.07. The van der Waals surface area contributed by atoms with Crippen LogP contribution in [0.15, 0.2) is 48.5 Å². The number of nitrogens with one attached hydrogen (secondary N) is 1. The molecule has 2 aromatic rings. The Morgan fingerprint density at radius 2 is 1.57 bits per heavy atom. The number of likely N-dealkylation sites (tertiary alicyclic amines) is 1. The largest absolute Gasteiger partial charge is 0.478 e. The van der Waals surface area contributed by atoms with Crippen molar-refractivity contribution < 1.29 is 19.5 Å². The van der Waals surface area contributed by atoms with E-state index in [2.05, 4.69) is 31.3 Å². The van der Waals surface area contributed by atoms with Gasteiger partial charge in [0.25, 0.3) is 5.91 Å². The summed E-state index contributed by atoms with van der Waals surface area (Å²) in [5, 5.41) is 12.9. The molecule has 2 fully saturated rings. The minimum Gasteiger partial charge on any atom is -0.478 e. The van der Waals surface area contributed by atoms with Crippen LogP contribution in [-0.4, -0.2) is 46.9 Å². The second kappa shape index (κ2) is 10.4. The van der Waals surface area contributed by atoms with E-state index in [9.17, 15) is 14.4 Å². The van der Waals surface area contributed by atoms with E-state index >= 15 is 0 Å². The average molecular weight is 497 g/mol. The monoisotopic (exact) mass is 496 g/mol. The van der Waals surface area contributed by atoms with Gasteiger partial charge in [0.15, 0.2) is 0 Å². The van der Waals surface area contributed by atoms with Crippen molar-refractivity contribution in [2.75, 3.05) is 13.1 Å². The molecule has 6 nitrogen and oxygen atoms in total. The van der Waals surface area contributed by atoms with Crippen LogP contribution in [0.25, 0.3) is 0 Å². The van der Waals surface area contributed by atoms with Gasteiger partial charge in [-0.25, -0.2) is 4.79 Å². The molecular weight excluding hydrogens is 464 g/mol. The lowest BCUT2D eigenvalue weighted by Gasteiger charge is -2.46. The summed E-state index contributed by atoms with van der Waals surface area (Å²) in [5.41, 5.74) is 1.71. The van der Waals surface area contributed by atoms with Crippen LogP contribution in [-0.2, 0) is 4.79 Å². The number of aromatic carboxylic acids is 1. The van der Waals surface area contributed by atoms with Crippen LogP contribution in [0.2, 0.25) is 5.02 Å². The van der Waals surface area contributed by atoms with E-state index < -0.39 is 5.97 Å². The molecule has 3 unspecified atom stereocenters. The lowest BCUT2D eigenvalue weighted by molar-refractivity contribution is -0.141. The van der Waals surface area contributed by atoms with Gasteiger partial charge in [-0.2, -0.15) is 0 Å². The van der Waals surface area contributed by atoms with E-state index in [1.807, 2.05) is 17.0 Å². The van der Waals surface area contributed by atoms with Gasteiger partial charge >= 0.3 is 5.97 Å². The zero-order valence-corrected chi connectivity index (χ0v) is 21.1. The highest BCUT2D eigenvalue weighted by Crippen LogP contribution is 2.43. The van der Waals surface area contributed by atoms with Crippen molar-refractivity contribution in [3.05, 3.63) is 70.2 Å². The van der Waals surface area contributed by atoms with Crippen LogP contribution in [0, 0.1) is 11.3 Å². The van der Waals surface area contributed by atoms with Gasteiger partial charge in [0.1, 0.15) is 0 Å². The van der Waals surface area contributed by atoms with E-state index in [1.54, 1.807) is 0 Å². The molecule has 1 saturated carbocycles. The quantitative estimate of drug-likeness (QED) is 0.582. The van der Waals surface area contributed by atoms with Crippen molar-refractivity contribution in [1.82, 2.24) is 10.2 Å². The first-order valence-electron chi connectivity index (χ1n) is 12.3. The summed E-state index contributed by atoms with van der Waals surface area (Å²) in [6, 6.07) is 13.7. The molecule has 35 heavy (non-hydrogen) atoms. The van der Waals surface area contributed by atoms with Gasteiger partial charge in [0, 0.05) is 29.7 Å². The fourth-order valence-corrected chi connectivity index (χ4v) is 5.83. The number of amides is 2. The Kier molecular flexibility index (Phi) is 7.50. The van der Waals surface area contributed by atoms with Gasteiger partial charge < -0.3 is 15.3 Å². The SMILES string of the molecule is CC1(C)CN(C(=O)C2CCCCC2NC(=O)c2ccc(C(=O)O)cc2)CCC1c1ccc(Cl)cc1. The van der Waals surface area contributed by atoms with Crippen LogP contribution in [0.4, 0.5) is 0 Å². The number of carboxylic acids is 1. The zero-order valence-electron chi connectivity index (χ0n) is 20.3. The molecule has 1 saturated heterocycles. The van der Waals surface area contributed by atoms with Crippen LogP contribution < -0.4 is 5.32 Å². The number of carbonyl (C=O) groups excluding carboxylic acids is 2. The minimum absolute atomic E-state index is 0.0823. The Morgan fingerprint density at radius 3 is 2.20 bits per heavy atom. The lowest BCUT2D eigenvalue weighted by Crippen LogP contribution is -2.54. The van der Waals surface area contributed by atoms with Crippen LogP contribution in [0.5, 0.6) is 0 Å². The van der Waals surface area contributed by atoms with E-state index in [4.69, 9.17) is 16.7 Å². The third-order valence-corrected chi connectivity index (χ3v) is 7.86. The second-order valence-corrected chi connectivity index (χ2v) is 10.9. The number of rotatable bonds is 5. The molecule has 0 aromatic heterocycles. The molecule has 2 aromatic carbocycles. The van der Waals surface area contributed by atoms with E-state index in [-0.39, 0.29) is 34.8 Å². The molecule has 3 atom stereocenters. The Bertz CT molecular complexity index is 1080. The highest BCUT2D eigenvalue weighted by Gasteiger charge is 2.42. The van der Waals surface area contributed by atoms with Crippen molar-refractivity contribution in [3.63, 3.8) is 0 Å². The molecule has 7 heteroatoms. The highest BCUT2D eigenvalue weighted by atomic mass is 35.5. The Balaban J connectivity index is 1.43. The van der Waals surface area contributed by atoms with Crippen molar-refractivity contribution in [2.45, 2.75) is 57.9 Å². The topological polar surface area (TPSA) is 86.7 Å².